The molecule has 2 aliphatic rings. The van der Waals surface area contributed by atoms with Crippen LogP contribution in [0.15, 0.2) is 119 Å². The lowest BCUT2D eigenvalue weighted by molar-refractivity contribution is -0.110. The van der Waals surface area contributed by atoms with Crippen molar-refractivity contribution in [1.82, 2.24) is 0 Å². The minimum atomic E-state index is -0.927. The van der Waals surface area contributed by atoms with Crippen molar-refractivity contribution in [2.45, 2.75) is 18.8 Å². The van der Waals surface area contributed by atoms with Crippen molar-refractivity contribution >= 4 is 39.7 Å². The number of thioether (sulfide) groups is 1. The zero-order valence-electron chi connectivity index (χ0n) is 20.0. The molecule has 0 saturated heterocycles. The van der Waals surface area contributed by atoms with Gasteiger partial charge in [0.2, 0.25) is 4.99 Å². The predicted molar refractivity (Wildman–Crippen MR) is 148 cm³/mol. The van der Waals surface area contributed by atoms with Gasteiger partial charge in [-0.3, -0.25) is 4.79 Å². The molecule has 0 bridgehead atoms. The summed E-state index contributed by atoms with van der Waals surface area (Å²) in [6.45, 7) is 3.64. The number of benzene rings is 4. The average Bonchev–Trinajstić information content (AvgIpc) is 3.31. The van der Waals surface area contributed by atoms with Gasteiger partial charge in [0.05, 0.1) is 17.1 Å². The van der Waals surface area contributed by atoms with Gasteiger partial charge < -0.3 is 0 Å². The van der Waals surface area contributed by atoms with Crippen LogP contribution in [0.25, 0.3) is 0 Å². The fourth-order valence-electron chi connectivity index (χ4n) is 4.74. The maximum atomic E-state index is 12.7. The summed E-state index contributed by atoms with van der Waals surface area (Å²) in [5.74, 6) is -0.0706. The van der Waals surface area contributed by atoms with E-state index in [4.69, 9.17) is 10.2 Å². The standard InChI is InChI=1S/C30H24N4OS/c1-21-13-9-12-20-27(21)34-30(36-29(32-34)22(2)35)26-19-11-10-18-25(26)28(23-14-5-3-6-15-23)31-33(30)24-16-7-4-8-17-24/h3-20H,1-2H3/t30-/m1/s1. The first-order valence-electron chi connectivity index (χ1n) is 11.8. The average molecular weight is 489 g/mol. The molecule has 0 fully saturated rings. The van der Waals surface area contributed by atoms with Crippen LogP contribution >= 0.6 is 11.8 Å². The number of hydrazone groups is 2. The Hall–Kier alpha value is -4.16. The van der Waals surface area contributed by atoms with Crippen LogP contribution in [0.2, 0.25) is 0 Å². The van der Waals surface area contributed by atoms with Crippen molar-refractivity contribution in [2.75, 3.05) is 10.0 Å². The Morgan fingerprint density at radius 2 is 1.39 bits per heavy atom. The van der Waals surface area contributed by atoms with Crippen LogP contribution in [0, 0.1) is 6.92 Å². The van der Waals surface area contributed by atoms with Crippen LogP contribution in [-0.2, 0) is 9.79 Å². The number of fused-ring (bicyclic) bond motifs is 2. The molecule has 1 atom stereocenters. The molecule has 6 rings (SSSR count). The number of carbonyl (C=O) groups excluding carboxylic acids is 1. The topological polar surface area (TPSA) is 48.3 Å². The molecule has 0 radical (unpaired) electrons. The second-order valence-corrected chi connectivity index (χ2v) is 9.94. The van der Waals surface area contributed by atoms with Crippen molar-refractivity contribution in [1.29, 1.82) is 0 Å². The fraction of sp³-hybridized carbons (Fsp3) is 0.100. The summed E-state index contributed by atoms with van der Waals surface area (Å²) in [5, 5.41) is 14.7. The van der Waals surface area contributed by atoms with Gasteiger partial charge >= 0.3 is 0 Å². The van der Waals surface area contributed by atoms with Gasteiger partial charge in [-0.2, -0.15) is 10.2 Å². The fourth-order valence-corrected chi connectivity index (χ4v) is 6.02. The van der Waals surface area contributed by atoms with Gasteiger partial charge in [-0.25, -0.2) is 10.0 Å². The lowest BCUT2D eigenvalue weighted by Crippen LogP contribution is -2.54. The second kappa shape index (κ2) is 8.81. The number of aryl methyl sites for hydroxylation is 1. The molecule has 4 aromatic rings. The molecule has 0 aromatic heterocycles. The summed E-state index contributed by atoms with van der Waals surface area (Å²) in [6.07, 6.45) is 0. The summed E-state index contributed by atoms with van der Waals surface area (Å²) >= 11 is 1.44. The summed E-state index contributed by atoms with van der Waals surface area (Å²) in [6, 6.07) is 36.8. The highest BCUT2D eigenvalue weighted by Crippen LogP contribution is 2.55. The lowest BCUT2D eigenvalue weighted by Gasteiger charge is -2.47. The molecule has 5 nitrogen and oxygen atoms in total. The Morgan fingerprint density at radius 3 is 2.11 bits per heavy atom. The van der Waals surface area contributed by atoms with E-state index in [1.54, 1.807) is 6.92 Å². The van der Waals surface area contributed by atoms with E-state index in [-0.39, 0.29) is 5.78 Å². The Balaban J connectivity index is 1.68. The number of Topliss-reactive ketones (excluding diaryl/α,β-unsaturated/α-hetero) is 1. The molecule has 0 N–H and O–H groups in total. The first-order chi connectivity index (χ1) is 17.6. The molecule has 1 spiro atoms. The molecule has 0 saturated carbocycles. The smallest absolute Gasteiger partial charge is 0.234 e. The largest absolute Gasteiger partial charge is 0.292 e. The molecule has 0 unspecified atom stereocenters. The number of hydrogen-bond donors (Lipinski definition) is 0. The van der Waals surface area contributed by atoms with Gasteiger partial charge in [-0.1, -0.05) is 91.0 Å². The maximum Gasteiger partial charge on any atom is 0.234 e. The number of para-hydroxylation sites is 2. The van der Waals surface area contributed by atoms with Gasteiger partial charge in [0.25, 0.3) is 0 Å². The summed E-state index contributed by atoms with van der Waals surface area (Å²) < 4.78 is 0. The van der Waals surface area contributed by atoms with E-state index in [1.165, 1.54) is 11.8 Å². The van der Waals surface area contributed by atoms with Gasteiger partial charge in [0.15, 0.2) is 10.8 Å². The molecule has 4 aromatic carbocycles. The maximum absolute atomic E-state index is 12.7. The first-order valence-corrected chi connectivity index (χ1v) is 12.6. The minimum Gasteiger partial charge on any atom is -0.292 e. The normalized spacial score (nSPS) is 18.6. The van der Waals surface area contributed by atoms with Crippen molar-refractivity contribution in [2.24, 2.45) is 10.2 Å². The Kier molecular flexibility index (Phi) is 5.46. The summed E-state index contributed by atoms with van der Waals surface area (Å²) in [7, 11) is 0. The molecule has 2 heterocycles. The molecule has 0 amide bonds. The van der Waals surface area contributed by atoms with Crippen molar-refractivity contribution < 1.29 is 4.79 Å². The highest BCUT2D eigenvalue weighted by molar-refractivity contribution is 8.17. The Morgan fingerprint density at radius 1 is 0.750 bits per heavy atom. The first kappa shape index (κ1) is 22.3. The van der Waals surface area contributed by atoms with Crippen LogP contribution in [0.3, 0.4) is 0 Å². The van der Waals surface area contributed by atoms with Crippen molar-refractivity contribution in [3.05, 3.63) is 131 Å². The summed E-state index contributed by atoms with van der Waals surface area (Å²) in [5.41, 5.74) is 6.84. The molecule has 176 valence electrons. The van der Waals surface area contributed by atoms with Crippen LogP contribution in [-0.4, -0.2) is 16.5 Å². The van der Waals surface area contributed by atoms with Crippen LogP contribution in [0.5, 0.6) is 0 Å². The second-order valence-electron chi connectivity index (χ2n) is 8.78. The Labute approximate surface area is 214 Å². The monoisotopic (exact) mass is 488 g/mol. The number of ketones is 1. The highest BCUT2D eigenvalue weighted by atomic mass is 32.2. The van der Waals surface area contributed by atoms with Crippen molar-refractivity contribution in [3.8, 4) is 0 Å². The van der Waals surface area contributed by atoms with E-state index in [2.05, 4.69) is 37.3 Å². The SMILES string of the molecule is CC(=O)C1=NN(c2ccccc2C)[C@@]2(S1)c1ccccc1C(c1ccccc1)=NN2c1ccccc1. The molecule has 36 heavy (non-hydrogen) atoms. The summed E-state index contributed by atoms with van der Waals surface area (Å²) in [4.78, 5) is 11.8. The molecular formula is C30H24N4OS. The molecule has 2 aliphatic heterocycles. The van der Waals surface area contributed by atoms with Crippen molar-refractivity contribution in [3.63, 3.8) is 0 Å². The van der Waals surface area contributed by atoms with E-state index in [0.717, 1.165) is 39.3 Å². The number of rotatable bonds is 4. The minimum absolute atomic E-state index is 0.0706. The molecule has 6 heteroatoms. The van der Waals surface area contributed by atoms with Gasteiger partial charge in [-0.15, -0.1) is 0 Å². The third-order valence-electron chi connectivity index (χ3n) is 6.43. The molecule has 0 aliphatic carbocycles. The number of carbonyl (C=O) groups is 1. The Bertz CT molecular complexity index is 1520. The zero-order chi connectivity index (χ0) is 24.7. The van der Waals surface area contributed by atoms with E-state index in [0.29, 0.717) is 5.04 Å². The third-order valence-corrected chi connectivity index (χ3v) is 7.84. The number of anilines is 2. The highest BCUT2D eigenvalue weighted by Gasteiger charge is 2.56. The van der Waals surface area contributed by atoms with Gasteiger partial charge in [-0.05, 0) is 42.4 Å². The molecular weight excluding hydrogens is 464 g/mol. The quantitative estimate of drug-likeness (QED) is 0.328. The zero-order valence-corrected chi connectivity index (χ0v) is 20.8. The third kappa shape index (κ3) is 3.45. The van der Waals surface area contributed by atoms with E-state index >= 15 is 0 Å². The lowest BCUT2D eigenvalue weighted by atomic mass is 9.93. The van der Waals surface area contributed by atoms with Crippen LogP contribution in [0.1, 0.15) is 29.2 Å². The number of nitrogens with zero attached hydrogens (tertiary/aromatic N) is 4. The van der Waals surface area contributed by atoms with Crippen LogP contribution in [0.4, 0.5) is 11.4 Å². The predicted octanol–water partition coefficient (Wildman–Crippen LogP) is 6.53. The van der Waals surface area contributed by atoms with E-state index in [1.807, 2.05) is 88.9 Å². The van der Waals surface area contributed by atoms with Gasteiger partial charge in [0.1, 0.15) is 0 Å². The van der Waals surface area contributed by atoms with E-state index in [9.17, 15) is 4.79 Å². The van der Waals surface area contributed by atoms with Gasteiger partial charge in [0, 0.05) is 23.6 Å². The number of hydrogen-bond acceptors (Lipinski definition) is 6. The van der Waals surface area contributed by atoms with E-state index < -0.39 is 4.99 Å². The van der Waals surface area contributed by atoms with Crippen LogP contribution < -0.4 is 10.0 Å².